The Morgan fingerprint density at radius 3 is 2.94 bits per heavy atom. The Morgan fingerprint density at radius 2 is 2.33 bits per heavy atom. The number of hydrogen-bond acceptors (Lipinski definition) is 5. The third-order valence-corrected chi connectivity index (χ3v) is 2.44. The van der Waals surface area contributed by atoms with Crippen LogP contribution >= 0.6 is 11.6 Å². The summed E-state index contributed by atoms with van der Waals surface area (Å²) in [6.45, 7) is 4.68. The molecule has 1 rings (SSSR count). The Labute approximate surface area is 111 Å². The number of anilines is 2. The van der Waals surface area contributed by atoms with Crippen LogP contribution in [0.25, 0.3) is 0 Å². The molecule has 0 aliphatic carbocycles. The van der Waals surface area contributed by atoms with Crippen LogP contribution in [0.2, 0.25) is 5.02 Å². The molecule has 100 valence electrons. The molecule has 0 saturated heterocycles. The molecule has 4 N–H and O–H groups in total. The fraction of sp³-hybridized carbons (Fsp3) is 0.545. The Kier molecular flexibility index (Phi) is 5.64. The lowest BCUT2D eigenvalue weighted by Gasteiger charge is -2.14. The Hall–Kier alpha value is -1.56. The second-order valence-corrected chi connectivity index (χ2v) is 4.44. The number of nitrogens with zero attached hydrogens (tertiary/aromatic N) is 2. The summed E-state index contributed by atoms with van der Waals surface area (Å²) in [7, 11) is 0. The molecular formula is C11H18ClN5O. The molecule has 0 spiro atoms. The van der Waals surface area contributed by atoms with Crippen molar-refractivity contribution >= 4 is 29.3 Å². The third-order valence-electron chi connectivity index (χ3n) is 2.17. The van der Waals surface area contributed by atoms with Gasteiger partial charge in [0.1, 0.15) is 5.02 Å². The minimum absolute atomic E-state index is 0.131. The minimum Gasteiger partial charge on any atom is -0.370 e. The van der Waals surface area contributed by atoms with Crippen LogP contribution in [-0.4, -0.2) is 28.5 Å². The fourth-order valence-electron chi connectivity index (χ4n) is 1.38. The van der Waals surface area contributed by atoms with E-state index in [2.05, 4.69) is 27.5 Å². The predicted molar refractivity (Wildman–Crippen MR) is 72.7 cm³/mol. The van der Waals surface area contributed by atoms with Crippen LogP contribution in [0.15, 0.2) is 6.20 Å². The minimum atomic E-state index is -0.371. The molecule has 18 heavy (non-hydrogen) atoms. The molecule has 0 aliphatic heterocycles. The molecule has 0 aliphatic rings. The van der Waals surface area contributed by atoms with Gasteiger partial charge in [-0.3, -0.25) is 4.79 Å². The standard InChI is InChI=1S/C11H18ClN5O/c1-3-4-14-11-15-6-8(12)10(17-11)16-7(2)5-9(13)18/h6-7H,3-5H2,1-2H3,(H2,13,18)(H2,14,15,16,17). The van der Waals surface area contributed by atoms with Crippen LogP contribution in [0.1, 0.15) is 26.7 Å². The van der Waals surface area contributed by atoms with E-state index < -0.39 is 0 Å². The smallest absolute Gasteiger partial charge is 0.224 e. The van der Waals surface area contributed by atoms with Crippen molar-refractivity contribution in [2.45, 2.75) is 32.7 Å². The summed E-state index contributed by atoms with van der Waals surface area (Å²) in [4.78, 5) is 19.1. The van der Waals surface area contributed by atoms with Crippen LogP contribution < -0.4 is 16.4 Å². The molecule has 1 atom stereocenters. The van der Waals surface area contributed by atoms with Crippen molar-refractivity contribution in [3.05, 3.63) is 11.2 Å². The van der Waals surface area contributed by atoms with Crippen LogP contribution in [0.5, 0.6) is 0 Å². The molecule has 7 heteroatoms. The monoisotopic (exact) mass is 271 g/mol. The zero-order valence-corrected chi connectivity index (χ0v) is 11.3. The summed E-state index contributed by atoms with van der Waals surface area (Å²) < 4.78 is 0. The first kappa shape index (κ1) is 14.5. The molecule has 1 aromatic heterocycles. The van der Waals surface area contributed by atoms with Gasteiger partial charge in [0.25, 0.3) is 0 Å². The topological polar surface area (TPSA) is 92.9 Å². The summed E-state index contributed by atoms with van der Waals surface area (Å²) in [6.07, 6.45) is 2.72. The lowest BCUT2D eigenvalue weighted by molar-refractivity contribution is -0.118. The number of aromatic nitrogens is 2. The number of rotatable bonds is 7. The SMILES string of the molecule is CCCNc1ncc(Cl)c(NC(C)CC(N)=O)n1. The van der Waals surface area contributed by atoms with Crippen molar-refractivity contribution in [1.29, 1.82) is 0 Å². The second-order valence-electron chi connectivity index (χ2n) is 4.03. The Balaban J connectivity index is 2.71. The predicted octanol–water partition coefficient (Wildman–Crippen LogP) is 1.63. The van der Waals surface area contributed by atoms with Gasteiger partial charge in [-0.1, -0.05) is 18.5 Å². The fourth-order valence-corrected chi connectivity index (χ4v) is 1.52. The van der Waals surface area contributed by atoms with Crippen molar-refractivity contribution in [2.24, 2.45) is 5.73 Å². The summed E-state index contributed by atoms with van der Waals surface area (Å²) in [5.41, 5.74) is 5.12. The summed E-state index contributed by atoms with van der Waals surface area (Å²) in [5.74, 6) is 0.638. The number of carbonyl (C=O) groups excluding carboxylic acids is 1. The zero-order valence-electron chi connectivity index (χ0n) is 10.5. The highest BCUT2D eigenvalue weighted by Gasteiger charge is 2.10. The van der Waals surface area contributed by atoms with E-state index >= 15 is 0 Å². The van der Waals surface area contributed by atoms with E-state index in [0.717, 1.165) is 13.0 Å². The van der Waals surface area contributed by atoms with E-state index in [4.69, 9.17) is 17.3 Å². The summed E-state index contributed by atoms with van der Waals surface area (Å²) in [6, 6.07) is -0.131. The quantitative estimate of drug-likeness (QED) is 0.701. The van der Waals surface area contributed by atoms with Gasteiger partial charge in [0.2, 0.25) is 11.9 Å². The van der Waals surface area contributed by atoms with Gasteiger partial charge in [0.05, 0.1) is 6.20 Å². The maximum atomic E-state index is 10.8. The normalized spacial score (nSPS) is 11.9. The van der Waals surface area contributed by atoms with Crippen molar-refractivity contribution in [2.75, 3.05) is 17.2 Å². The molecule has 0 saturated carbocycles. The lowest BCUT2D eigenvalue weighted by atomic mass is 10.2. The van der Waals surface area contributed by atoms with E-state index in [1.807, 2.05) is 6.92 Å². The van der Waals surface area contributed by atoms with Crippen molar-refractivity contribution in [3.63, 3.8) is 0 Å². The first-order valence-electron chi connectivity index (χ1n) is 5.84. The van der Waals surface area contributed by atoms with E-state index in [-0.39, 0.29) is 18.4 Å². The summed E-state index contributed by atoms with van der Waals surface area (Å²) >= 11 is 5.98. The number of primary amides is 1. The van der Waals surface area contributed by atoms with Gasteiger partial charge in [-0.05, 0) is 13.3 Å². The highest BCUT2D eigenvalue weighted by molar-refractivity contribution is 6.32. The molecule has 0 bridgehead atoms. The van der Waals surface area contributed by atoms with Gasteiger partial charge in [0, 0.05) is 19.0 Å². The van der Waals surface area contributed by atoms with Crippen LogP contribution in [-0.2, 0) is 4.79 Å². The maximum Gasteiger partial charge on any atom is 0.224 e. The molecule has 1 aromatic rings. The van der Waals surface area contributed by atoms with Crippen molar-refractivity contribution in [1.82, 2.24) is 9.97 Å². The molecule has 1 unspecified atom stereocenters. The van der Waals surface area contributed by atoms with Crippen LogP contribution in [0, 0.1) is 0 Å². The number of nitrogens with one attached hydrogen (secondary N) is 2. The van der Waals surface area contributed by atoms with Gasteiger partial charge in [0.15, 0.2) is 5.82 Å². The van der Waals surface area contributed by atoms with Gasteiger partial charge in [-0.25, -0.2) is 4.98 Å². The van der Waals surface area contributed by atoms with E-state index in [1.165, 1.54) is 6.20 Å². The number of hydrogen-bond donors (Lipinski definition) is 3. The number of amides is 1. The van der Waals surface area contributed by atoms with Crippen LogP contribution in [0.4, 0.5) is 11.8 Å². The van der Waals surface area contributed by atoms with Gasteiger partial charge < -0.3 is 16.4 Å². The first-order chi connectivity index (χ1) is 8.52. The molecule has 0 fully saturated rings. The zero-order chi connectivity index (χ0) is 13.5. The molecular weight excluding hydrogens is 254 g/mol. The Bertz CT molecular complexity index is 412. The maximum absolute atomic E-state index is 10.8. The highest BCUT2D eigenvalue weighted by Crippen LogP contribution is 2.20. The molecule has 0 aromatic carbocycles. The number of carbonyl (C=O) groups is 1. The van der Waals surface area contributed by atoms with Gasteiger partial charge in [-0.15, -0.1) is 0 Å². The van der Waals surface area contributed by atoms with E-state index in [9.17, 15) is 4.79 Å². The molecule has 1 amide bonds. The van der Waals surface area contributed by atoms with Gasteiger partial charge >= 0.3 is 0 Å². The van der Waals surface area contributed by atoms with Gasteiger partial charge in [-0.2, -0.15) is 4.98 Å². The summed E-state index contributed by atoms with van der Waals surface area (Å²) in [5, 5.41) is 6.51. The highest BCUT2D eigenvalue weighted by atomic mass is 35.5. The van der Waals surface area contributed by atoms with Crippen LogP contribution in [0.3, 0.4) is 0 Å². The van der Waals surface area contributed by atoms with Crippen molar-refractivity contribution < 1.29 is 4.79 Å². The van der Waals surface area contributed by atoms with Crippen molar-refractivity contribution in [3.8, 4) is 0 Å². The average Bonchev–Trinajstić information content (AvgIpc) is 2.29. The number of halogens is 1. The largest absolute Gasteiger partial charge is 0.370 e. The lowest BCUT2D eigenvalue weighted by Crippen LogP contribution is -2.24. The number of nitrogens with two attached hydrogens (primary N) is 1. The second kappa shape index (κ2) is 7.00. The molecule has 1 heterocycles. The molecule has 0 radical (unpaired) electrons. The Morgan fingerprint density at radius 1 is 1.61 bits per heavy atom. The molecule has 6 nitrogen and oxygen atoms in total. The average molecular weight is 272 g/mol. The first-order valence-corrected chi connectivity index (χ1v) is 6.22. The van der Waals surface area contributed by atoms with E-state index in [0.29, 0.717) is 16.8 Å². The van der Waals surface area contributed by atoms with E-state index in [1.54, 1.807) is 0 Å². The third kappa shape index (κ3) is 4.75.